The molecule has 16 aromatic rings. The van der Waals surface area contributed by atoms with E-state index in [0.717, 1.165) is 143 Å². The summed E-state index contributed by atoms with van der Waals surface area (Å²) in [6.45, 7) is 7.76. The third-order valence-electron chi connectivity index (χ3n) is 19.0. The van der Waals surface area contributed by atoms with E-state index < -0.39 is 23.6 Å². The Hall–Kier alpha value is -11.9. The van der Waals surface area contributed by atoms with Crippen LogP contribution in [0.15, 0.2) is 243 Å². The molecule has 6 heterocycles. The van der Waals surface area contributed by atoms with E-state index in [0.29, 0.717) is 33.6 Å². The Labute approximate surface area is 515 Å². The van der Waals surface area contributed by atoms with Gasteiger partial charge in [-0.15, -0.1) is 0 Å². The van der Waals surface area contributed by atoms with Gasteiger partial charge in [0.15, 0.2) is 0 Å². The molecule has 2 aliphatic heterocycles. The van der Waals surface area contributed by atoms with Crippen LogP contribution >= 0.6 is 0 Å². The number of carbonyl (C=O) groups is 4. The van der Waals surface area contributed by atoms with Gasteiger partial charge in [-0.1, -0.05) is 146 Å². The zero-order valence-electron chi connectivity index (χ0n) is 49.4. The predicted molar refractivity (Wildman–Crippen MR) is 363 cm³/mol. The highest BCUT2D eigenvalue weighted by molar-refractivity contribution is 6.36. The summed E-state index contributed by atoms with van der Waals surface area (Å²) in [6, 6.07) is 82.3. The highest BCUT2D eigenvalue weighted by Crippen LogP contribution is 2.46. The van der Waals surface area contributed by atoms with Crippen molar-refractivity contribution in [1.82, 2.24) is 18.3 Å². The van der Waals surface area contributed by atoms with Crippen molar-refractivity contribution in [3.05, 3.63) is 287 Å². The molecule has 0 unspecified atom stereocenters. The second-order valence-corrected chi connectivity index (χ2v) is 24.1. The SMILES string of the molecule is Cc1cc(-c2cc(C)c(N3C(=O)c4cc(-n5c6ccccc6c6ccccc65)c(-n5c6ccccc6c6ccccc65)cc4C3=O)c(C)c2)cc(C)c1N1C(=O)c2cc(-n3c4ccccc4c4ccccc43)c(-n3c4ccccc4c4ccccc43)cc2C1=O. The zero-order chi connectivity index (χ0) is 60.5. The minimum atomic E-state index is -0.397. The first-order chi connectivity index (χ1) is 44.0. The Balaban J connectivity index is 0.738. The summed E-state index contributed by atoms with van der Waals surface area (Å²) >= 11 is 0. The average molecular weight is 1160 g/mol. The zero-order valence-corrected chi connectivity index (χ0v) is 49.4. The molecule has 2 aliphatic rings. The fraction of sp³-hybridized carbons (Fsp3) is 0.0500. The quantitative estimate of drug-likeness (QED) is 0.149. The molecule has 0 saturated heterocycles. The number of para-hydroxylation sites is 8. The Morgan fingerprint density at radius 1 is 0.222 bits per heavy atom. The summed E-state index contributed by atoms with van der Waals surface area (Å²) in [5.41, 5.74) is 18.0. The molecule has 0 fully saturated rings. The first-order valence-corrected chi connectivity index (χ1v) is 30.3. The van der Waals surface area contributed by atoms with Gasteiger partial charge in [-0.3, -0.25) is 19.2 Å². The van der Waals surface area contributed by atoms with Crippen molar-refractivity contribution >= 4 is 122 Å². The van der Waals surface area contributed by atoms with Crippen LogP contribution < -0.4 is 9.80 Å². The maximum atomic E-state index is 15.3. The van der Waals surface area contributed by atoms with Gasteiger partial charge in [0.25, 0.3) is 23.6 Å². The van der Waals surface area contributed by atoms with Crippen LogP contribution in [0.4, 0.5) is 11.4 Å². The molecule has 90 heavy (non-hydrogen) atoms. The lowest BCUT2D eigenvalue weighted by Gasteiger charge is -2.22. The molecule has 0 atom stereocenters. The summed E-state index contributed by atoms with van der Waals surface area (Å²) in [4.78, 5) is 64.0. The maximum Gasteiger partial charge on any atom is 0.266 e. The molecule has 0 saturated carbocycles. The Bertz CT molecular complexity index is 5040. The number of hydrogen-bond donors (Lipinski definition) is 0. The number of benzene rings is 12. The fourth-order valence-corrected chi connectivity index (χ4v) is 15.3. The minimum absolute atomic E-state index is 0.324. The van der Waals surface area contributed by atoms with Gasteiger partial charge in [-0.05, 0) is 158 Å². The van der Waals surface area contributed by atoms with Crippen LogP contribution in [0.3, 0.4) is 0 Å². The van der Waals surface area contributed by atoms with Crippen molar-refractivity contribution in [2.24, 2.45) is 0 Å². The molecule has 0 spiro atoms. The average Bonchev–Trinajstić information content (AvgIpc) is 1.58. The summed E-state index contributed by atoms with van der Waals surface area (Å²) in [5.74, 6) is -1.59. The molecule has 10 heteroatoms. The van der Waals surface area contributed by atoms with Gasteiger partial charge in [0.05, 0.1) is 101 Å². The first kappa shape index (κ1) is 51.4. The number of hydrogen-bond acceptors (Lipinski definition) is 4. The van der Waals surface area contributed by atoms with Crippen molar-refractivity contribution in [2.75, 3.05) is 9.80 Å². The highest BCUT2D eigenvalue weighted by atomic mass is 16.2. The van der Waals surface area contributed by atoms with Crippen LogP contribution in [0.5, 0.6) is 0 Å². The number of amides is 4. The van der Waals surface area contributed by atoms with E-state index in [2.05, 4.69) is 115 Å². The number of fused-ring (bicyclic) bond motifs is 14. The molecule has 10 nitrogen and oxygen atoms in total. The van der Waals surface area contributed by atoms with Gasteiger partial charge in [0.2, 0.25) is 0 Å². The van der Waals surface area contributed by atoms with E-state index in [-0.39, 0.29) is 0 Å². The number of rotatable bonds is 7. The van der Waals surface area contributed by atoms with Crippen LogP contribution in [-0.4, -0.2) is 41.9 Å². The van der Waals surface area contributed by atoms with Crippen molar-refractivity contribution in [1.29, 1.82) is 0 Å². The van der Waals surface area contributed by atoms with Crippen LogP contribution in [-0.2, 0) is 0 Å². The standard InChI is InChI=1S/C80H52N6O4/c1-45-37-49(38-46(2)75(45)85-77(87)59-41-71(81-63-29-13-5-21-51(63)52-22-6-14-30-64(52)81)72(42-60(59)78(85)88)82-65-31-15-7-23-53(65)54-24-8-16-32-66(54)82)50-39-47(3)76(48(4)40-50)86-79(89)61-43-73(83-67-33-17-9-25-55(67)56-26-10-18-34-68(56)83)74(44-62(61)80(86)90)84-69-35-19-11-27-57(69)58-28-12-20-36-70(58)84/h5-44H,1-4H3. The number of carbonyl (C=O) groups excluding carboxylic acids is 4. The van der Waals surface area contributed by atoms with Gasteiger partial charge in [0.1, 0.15) is 0 Å². The first-order valence-electron chi connectivity index (χ1n) is 30.3. The van der Waals surface area contributed by atoms with Crippen molar-refractivity contribution in [3.8, 4) is 33.9 Å². The van der Waals surface area contributed by atoms with E-state index >= 15 is 19.2 Å². The minimum Gasteiger partial charge on any atom is -0.307 e. The van der Waals surface area contributed by atoms with Gasteiger partial charge in [-0.25, -0.2) is 9.80 Å². The molecule has 0 bridgehead atoms. The number of aromatic nitrogens is 4. The van der Waals surface area contributed by atoms with Gasteiger partial charge in [-0.2, -0.15) is 0 Å². The molecule has 4 amide bonds. The number of anilines is 2. The lowest BCUT2D eigenvalue weighted by Crippen LogP contribution is -2.31. The van der Waals surface area contributed by atoms with Crippen LogP contribution in [0.1, 0.15) is 63.7 Å². The molecule has 0 N–H and O–H groups in total. The third kappa shape index (κ3) is 6.98. The van der Waals surface area contributed by atoms with E-state index in [9.17, 15) is 0 Å². The topological polar surface area (TPSA) is 94.5 Å². The summed E-state index contributed by atoms with van der Waals surface area (Å²) in [6.07, 6.45) is 0. The second kappa shape index (κ2) is 18.8. The molecular formula is C80H52N6O4. The fourth-order valence-electron chi connectivity index (χ4n) is 15.3. The molecular weight excluding hydrogens is 1110 g/mol. The van der Waals surface area contributed by atoms with Crippen LogP contribution in [0, 0.1) is 27.7 Å². The maximum absolute atomic E-state index is 15.3. The van der Waals surface area contributed by atoms with Crippen molar-refractivity contribution in [3.63, 3.8) is 0 Å². The Morgan fingerprint density at radius 3 is 0.567 bits per heavy atom. The lowest BCUT2D eigenvalue weighted by atomic mass is 9.94. The molecule has 0 aliphatic carbocycles. The van der Waals surface area contributed by atoms with Gasteiger partial charge < -0.3 is 18.3 Å². The number of nitrogens with zero attached hydrogens (tertiary/aromatic N) is 6. The second-order valence-electron chi connectivity index (χ2n) is 24.1. The van der Waals surface area contributed by atoms with Crippen molar-refractivity contribution < 1.29 is 19.2 Å². The number of aryl methyl sites for hydroxylation is 4. The number of imide groups is 2. The third-order valence-corrected chi connectivity index (χ3v) is 19.0. The lowest BCUT2D eigenvalue weighted by molar-refractivity contribution is 0.0910. The van der Waals surface area contributed by atoms with Crippen LogP contribution in [0.2, 0.25) is 0 Å². The molecule has 4 aromatic heterocycles. The summed E-state index contributed by atoms with van der Waals surface area (Å²) < 4.78 is 8.92. The highest BCUT2D eigenvalue weighted by Gasteiger charge is 2.42. The van der Waals surface area contributed by atoms with E-state index in [1.807, 2.05) is 173 Å². The van der Waals surface area contributed by atoms with E-state index in [1.54, 1.807) is 0 Å². The molecule has 426 valence electrons. The molecule has 18 rings (SSSR count). The summed E-state index contributed by atoms with van der Waals surface area (Å²) in [5, 5.41) is 8.64. The largest absolute Gasteiger partial charge is 0.307 e. The van der Waals surface area contributed by atoms with Crippen molar-refractivity contribution in [2.45, 2.75) is 27.7 Å². The summed E-state index contributed by atoms with van der Waals surface area (Å²) in [7, 11) is 0. The van der Waals surface area contributed by atoms with Crippen LogP contribution in [0.25, 0.3) is 121 Å². The normalized spacial score (nSPS) is 13.4. The Kier molecular flexibility index (Phi) is 10.7. The van der Waals surface area contributed by atoms with Gasteiger partial charge in [0, 0.05) is 43.1 Å². The van der Waals surface area contributed by atoms with E-state index in [4.69, 9.17) is 0 Å². The predicted octanol–water partition coefficient (Wildman–Crippen LogP) is 18.6. The smallest absolute Gasteiger partial charge is 0.266 e. The molecule has 12 aromatic carbocycles. The Morgan fingerprint density at radius 2 is 0.389 bits per heavy atom. The van der Waals surface area contributed by atoms with E-state index in [1.165, 1.54) is 9.80 Å². The van der Waals surface area contributed by atoms with Gasteiger partial charge >= 0.3 is 0 Å². The molecule has 0 radical (unpaired) electrons. The monoisotopic (exact) mass is 1160 g/mol.